The van der Waals surface area contributed by atoms with Crippen LogP contribution in [0.25, 0.3) is 11.1 Å². The molecule has 0 saturated heterocycles. The quantitative estimate of drug-likeness (QED) is 0.0901. The lowest BCUT2D eigenvalue weighted by molar-refractivity contribution is -0.137. The van der Waals surface area contributed by atoms with Crippen LogP contribution in [0, 0.1) is 0 Å². The van der Waals surface area contributed by atoms with Gasteiger partial charge in [0.1, 0.15) is 23.9 Å². The first-order valence-corrected chi connectivity index (χ1v) is 13.1. The second-order valence-corrected chi connectivity index (χ2v) is 9.05. The molecule has 7 nitrogen and oxygen atoms in total. The number of carbonyl (C=O) groups excluding carboxylic acids is 2. The number of carboxylic acid groups (broad SMARTS) is 1. The summed E-state index contributed by atoms with van der Waals surface area (Å²) in [6.07, 6.45) is 7.46. The van der Waals surface area contributed by atoms with Crippen molar-refractivity contribution in [2.75, 3.05) is 6.61 Å². The molecule has 0 fully saturated rings. The highest BCUT2D eigenvalue weighted by molar-refractivity contribution is 5.91. The van der Waals surface area contributed by atoms with Crippen molar-refractivity contribution in [2.24, 2.45) is 0 Å². The van der Waals surface area contributed by atoms with Crippen LogP contribution in [0.5, 0.6) is 17.2 Å². The second kappa shape index (κ2) is 15.8. The molecule has 39 heavy (non-hydrogen) atoms. The molecule has 0 aliphatic heterocycles. The lowest BCUT2D eigenvalue weighted by Gasteiger charge is -2.08. The number of rotatable bonds is 16. The third kappa shape index (κ3) is 10.5. The van der Waals surface area contributed by atoms with Crippen molar-refractivity contribution >= 4 is 17.9 Å². The number of esters is 2. The molecule has 0 aliphatic rings. The molecule has 0 aliphatic carbocycles. The van der Waals surface area contributed by atoms with E-state index in [0.29, 0.717) is 42.3 Å². The van der Waals surface area contributed by atoms with Crippen LogP contribution >= 0.6 is 0 Å². The van der Waals surface area contributed by atoms with Gasteiger partial charge in [0.25, 0.3) is 0 Å². The average Bonchev–Trinajstić information content (AvgIpc) is 2.94. The number of benzene rings is 3. The van der Waals surface area contributed by atoms with Gasteiger partial charge in [0.2, 0.25) is 0 Å². The summed E-state index contributed by atoms with van der Waals surface area (Å²) in [6.45, 7) is 4.00. The Kier molecular flexibility index (Phi) is 11.8. The Labute approximate surface area is 229 Å². The first-order chi connectivity index (χ1) is 18.9. The molecule has 0 radical (unpaired) electrons. The Balaban J connectivity index is 1.41. The summed E-state index contributed by atoms with van der Waals surface area (Å²) in [6, 6.07) is 21.2. The van der Waals surface area contributed by atoms with Crippen LogP contribution in [0.15, 0.2) is 85.5 Å². The van der Waals surface area contributed by atoms with E-state index >= 15 is 0 Å². The summed E-state index contributed by atoms with van der Waals surface area (Å²) in [5.41, 5.74) is 2.29. The van der Waals surface area contributed by atoms with Crippen molar-refractivity contribution in [3.8, 4) is 28.4 Å². The molecular weight excluding hydrogens is 496 g/mol. The number of hydrogen-bond donors (Lipinski definition) is 1. The number of hydrogen-bond acceptors (Lipinski definition) is 6. The maximum absolute atomic E-state index is 12.4. The summed E-state index contributed by atoms with van der Waals surface area (Å²) in [5, 5.41) is 8.63. The van der Waals surface area contributed by atoms with Gasteiger partial charge < -0.3 is 19.3 Å². The second-order valence-electron chi connectivity index (χ2n) is 9.05. The fourth-order valence-corrected chi connectivity index (χ4v) is 3.87. The van der Waals surface area contributed by atoms with Gasteiger partial charge in [-0.25, -0.2) is 4.79 Å². The first kappa shape index (κ1) is 29.2. The van der Waals surface area contributed by atoms with Gasteiger partial charge in [-0.2, -0.15) is 0 Å². The molecule has 3 aromatic rings. The van der Waals surface area contributed by atoms with Crippen molar-refractivity contribution in [1.29, 1.82) is 0 Å². The Morgan fingerprint density at radius 1 is 0.641 bits per heavy atom. The normalized spacial score (nSPS) is 10.5. The van der Waals surface area contributed by atoms with E-state index in [4.69, 9.17) is 19.3 Å². The molecule has 3 rings (SSSR count). The van der Waals surface area contributed by atoms with E-state index in [1.807, 2.05) is 24.3 Å². The van der Waals surface area contributed by atoms with Gasteiger partial charge in [0.05, 0.1) is 5.56 Å². The molecule has 3 aromatic carbocycles. The Bertz CT molecular complexity index is 1210. The molecule has 0 saturated carbocycles. The molecule has 0 aromatic heterocycles. The average molecular weight is 531 g/mol. The number of unbranched alkanes of at least 4 members (excludes halogenated alkanes) is 5. The first-order valence-electron chi connectivity index (χ1n) is 13.1. The monoisotopic (exact) mass is 530 g/mol. The van der Waals surface area contributed by atoms with Crippen LogP contribution in [0.1, 0.15) is 61.7 Å². The zero-order valence-electron chi connectivity index (χ0n) is 22.0. The van der Waals surface area contributed by atoms with Crippen molar-refractivity contribution in [3.05, 3.63) is 91.0 Å². The third-order valence-electron chi connectivity index (χ3n) is 5.96. The van der Waals surface area contributed by atoms with Gasteiger partial charge in [0, 0.05) is 12.8 Å². The molecule has 0 amide bonds. The lowest BCUT2D eigenvalue weighted by atomic mass is 10.1. The third-order valence-corrected chi connectivity index (χ3v) is 5.96. The van der Waals surface area contributed by atoms with Gasteiger partial charge in [-0.1, -0.05) is 62.6 Å². The smallest absolute Gasteiger partial charge is 0.343 e. The van der Waals surface area contributed by atoms with Crippen LogP contribution in [-0.2, 0) is 9.59 Å². The van der Waals surface area contributed by atoms with Gasteiger partial charge >= 0.3 is 17.9 Å². The highest BCUT2D eigenvalue weighted by Crippen LogP contribution is 2.25. The van der Waals surface area contributed by atoms with Crippen molar-refractivity contribution < 1.29 is 33.7 Å². The number of aliphatic carboxylic acids is 1. The van der Waals surface area contributed by atoms with Gasteiger partial charge in [-0.15, -0.1) is 0 Å². The van der Waals surface area contributed by atoms with E-state index in [-0.39, 0.29) is 12.4 Å². The predicted octanol–water partition coefficient (Wildman–Crippen LogP) is 7.25. The van der Waals surface area contributed by atoms with Gasteiger partial charge in [0.15, 0.2) is 0 Å². The largest absolute Gasteiger partial charge is 0.490 e. The van der Waals surface area contributed by atoms with Crippen molar-refractivity contribution in [2.45, 2.75) is 51.4 Å². The SMILES string of the molecule is C=CCOc1ccc(C(=O)Oc2ccc(-c3ccc(OC(=O)CCCCCCCCC(=O)O)cc3)cc2)cc1. The zero-order chi connectivity index (χ0) is 27.9. The Hall–Kier alpha value is -4.39. The topological polar surface area (TPSA) is 99.1 Å². The molecule has 0 atom stereocenters. The van der Waals surface area contributed by atoms with Crippen LogP contribution in [0.2, 0.25) is 0 Å². The minimum atomic E-state index is -0.753. The molecule has 204 valence electrons. The zero-order valence-corrected chi connectivity index (χ0v) is 22.0. The van der Waals surface area contributed by atoms with E-state index in [1.54, 1.807) is 54.6 Å². The minimum absolute atomic E-state index is 0.218. The lowest BCUT2D eigenvalue weighted by Crippen LogP contribution is -2.08. The maximum Gasteiger partial charge on any atom is 0.343 e. The maximum atomic E-state index is 12.4. The van der Waals surface area contributed by atoms with E-state index in [1.165, 1.54) is 0 Å². The predicted molar refractivity (Wildman–Crippen MR) is 149 cm³/mol. The molecule has 1 N–H and O–H groups in total. The number of ether oxygens (including phenoxy) is 3. The van der Waals surface area contributed by atoms with Gasteiger partial charge in [-0.05, 0) is 72.5 Å². The molecule has 0 bridgehead atoms. The van der Waals surface area contributed by atoms with E-state index < -0.39 is 11.9 Å². The highest BCUT2D eigenvalue weighted by Gasteiger charge is 2.10. The molecule has 0 spiro atoms. The molecule has 7 heteroatoms. The van der Waals surface area contributed by atoms with Crippen LogP contribution in [0.3, 0.4) is 0 Å². The van der Waals surface area contributed by atoms with Crippen molar-refractivity contribution in [3.63, 3.8) is 0 Å². The summed E-state index contributed by atoms with van der Waals surface area (Å²) < 4.78 is 16.3. The van der Waals surface area contributed by atoms with Gasteiger partial charge in [-0.3, -0.25) is 9.59 Å². The fourth-order valence-electron chi connectivity index (χ4n) is 3.87. The standard InChI is InChI=1S/C32H34O7/c1-2-23-37-27-17-15-26(16-18-27)32(36)39-29-21-13-25(14-22-29)24-11-19-28(20-12-24)38-31(35)10-8-6-4-3-5-7-9-30(33)34/h2,11-22H,1,3-10,23H2,(H,33,34). The summed E-state index contributed by atoms with van der Waals surface area (Å²) >= 11 is 0. The number of carboxylic acids is 1. The summed E-state index contributed by atoms with van der Waals surface area (Å²) in [5.74, 6) is 0.0928. The fraction of sp³-hybridized carbons (Fsp3) is 0.281. The van der Waals surface area contributed by atoms with Crippen LogP contribution in [0.4, 0.5) is 0 Å². The van der Waals surface area contributed by atoms with Crippen LogP contribution in [-0.4, -0.2) is 29.6 Å². The molecule has 0 unspecified atom stereocenters. The van der Waals surface area contributed by atoms with E-state index in [0.717, 1.165) is 43.2 Å². The molecular formula is C32H34O7. The van der Waals surface area contributed by atoms with E-state index in [9.17, 15) is 14.4 Å². The number of carbonyl (C=O) groups is 3. The van der Waals surface area contributed by atoms with E-state index in [2.05, 4.69) is 6.58 Å². The Morgan fingerprint density at radius 3 is 1.67 bits per heavy atom. The molecule has 0 heterocycles. The Morgan fingerprint density at radius 2 is 1.13 bits per heavy atom. The highest BCUT2D eigenvalue weighted by atomic mass is 16.5. The van der Waals surface area contributed by atoms with Crippen molar-refractivity contribution in [1.82, 2.24) is 0 Å². The summed E-state index contributed by atoms with van der Waals surface area (Å²) in [7, 11) is 0. The summed E-state index contributed by atoms with van der Waals surface area (Å²) in [4.78, 5) is 35.1. The minimum Gasteiger partial charge on any atom is -0.490 e. The van der Waals surface area contributed by atoms with Crippen LogP contribution < -0.4 is 14.2 Å².